The number of fused-ring (bicyclic) bond motifs is 2. The monoisotopic (exact) mass is 466 g/mol. The Hall–Kier alpha value is -3.97. The standard InChI is InChI=1S/C27H22N4O2S/c1-17-10-12-18(13-11-17)16-33-23-8-4-2-6-19(23)20-14-25(32)30-26-21(20)15-28-31(26)27-29-22-7-3-5-9-24(22)34-27/h2-13,15,20H,14,16H2,1H3,(H,30,32)/t20-/m1/s1. The second-order valence-electron chi connectivity index (χ2n) is 8.44. The number of aryl methyl sites for hydroxylation is 1. The van der Waals surface area contributed by atoms with Crippen molar-refractivity contribution in [1.29, 1.82) is 0 Å². The molecule has 1 aliphatic rings. The number of nitrogens with one attached hydrogen (secondary N) is 1. The van der Waals surface area contributed by atoms with Crippen LogP contribution in [0.15, 0.2) is 79.0 Å². The Bertz CT molecular complexity index is 1470. The van der Waals surface area contributed by atoms with Gasteiger partial charge in [-0.3, -0.25) is 4.79 Å². The number of carbonyl (C=O) groups excluding carboxylic acids is 1. The fraction of sp³-hybridized carbons (Fsp3) is 0.148. The molecule has 5 aromatic rings. The Morgan fingerprint density at radius 3 is 2.68 bits per heavy atom. The van der Waals surface area contributed by atoms with E-state index in [1.807, 2.05) is 54.7 Å². The third kappa shape index (κ3) is 3.74. The second kappa shape index (κ2) is 8.43. The molecule has 0 aliphatic carbocycles. The average Bonchev–Trinajstić information content (AvgIpc) is 3.47. The number of para-hydroxylation sites is 2. The number of aromatic nitrogens is 3. The highest BCUT2D eigenvalue weighted by molar-refractivity contribution is 7.20. The molecule has 6 rings (SSSR count). The summed E-state index contributed by atoms with van der Waals surface area (Å²) in [6.45, 7) is 2.54. The van der Waals surface area contributed by atoms with Crippen molar-refractivity contribution in [1.82, 2.24) is 14.8 Å². The maximum Gasteiger partial charge on any atom is 0.226 e. The first-order chi connectivity index (χ1) is 16.7. The number of thiazole rings is 1. The van der Waals surface area contributed by atoms with Gasteiger partial charge in [0.1, 0.15) is 18.2 Å². The van der Waals surface area contributed by atoms with Crippen LogP contribution in [0, 0.1) is 6.92 Å². The number of rotatable bonds is 5. The third-order valence-corrected chi connectivity index (χ3v) is 7.11. The summed E-state index contributed by atoms with van der Waals surface area (Å²) in [5.74, 6) is 1.25. The maximum absolute atomic E-state index is 12.8. The van der Waals surface area contributed by atoms with E-state index >= 15 is 0 Å². The quantitative estimate of drug-likeness (QED) is 0.353. The van der Waals surface area contributed by atoms with Crippen LogP contribution < -0.4 is 10.1 Å². The van der Waals surface area contributed by atoms with Crippen molar-refractivity contribution in [2.75, 3.05) is 5.32 Å². The summed E-state index contributed by atoms with van der Waals surface area (Å²) in [6.07, 6.45) is 2.17. The van der Waals surface area contributed by atoms with E-state index < -0.39 is 0 Å². The number of ether oxygens (including phenoxy) is 1. The summed E-state index contributed by atoms with van der Waals surface area (Å²) in [6, 6.07) is 24.2. The van der Waals surface area contributed by atoms with Gasteiger partial charge in [-0.05, 0) is 30.7 Å². The van der Waals surface area contributed by atoms with E-state index in [2.05, 4.69) is 41.6 Å². The minimum absolute atomic E-state index is 0.0475. The zero-order valence-electron chi connectivity index (χ0n) is 18.6. The molecule has 0 radical (unpaired) electrons. The van der Waals surface area contributed by atoms with E-state index in [1.165, 1.54) is 5.56 Å². The van der Waals surface area contributed by atoms with Crippen molar-refractivity contribution in [2.45, 2.75) is 25.9 Å². The number of amides is 1. The molecule has 1 aliphatic heterocycles. The Labute approximate surface area is 200 Å². The molecule has 34 heavy (non-hydrogen) atoms. The Morgan fingerprint density at radius 1 is 1.03 bits per heavy atom. The van der Waals surface area contributed by atoms with Crippen LogP contribution in [-0.4, -0.2) is 20.7 Å². The minimum atomic E-state index is -0.152. The number of nitrogens with zero attached hydrogens (tertiary/aromatic N) is 3. The van der Waals surface area contributed by atoms with Crippen LogP contribution in [0.4, 0.5) is 5.82 Å². The number of carbonyl (C=O) groups is 1. The molecule has 6 nitrogen and oxygen atoms in total. The van der Waals surface area contributed by atoms with E-state index in [0.29, 0.717) is 18.8 Å². The van der Waals surface area contributed by atoms with Gasteiger partial charge in [0, 0.05) is 23.5 Å². The Morgan fingerprint density at radius 2 is 1.82 bits per heavy atom. The molecule has 0 saturated carbocycles. The van der Waals surface area contributed by atoms with Crippen molar-refractivity contribution in [3.8, 4) is 10.9 Å². The SMILES string of the molecule is Cc1ccc(COc2ccccc2[C@H]2CC(=O)Nc3c2cnn3-c2nc3ccccc3s2)cc1. The average molecular weight is 467 g/mol. The number of anilines is 1. The first kappa shape index (κ1) is 20.6. The van der Waals surface area contributed by atoms with Crippen molar-refractivity contribution < 1.29 is 9.53 Å². The maximum atomic E-state index is 12.8. The molecule has 0 unspecified atom stereocenters. The van der Waals surface area contributed by atoms with Gasteiger partial charge in [-0.2, -0.15) is 9.78 Å². The van der Waals surface area contributed by atoms with Gasteiger partial charge >= 0.3 is 0 Å². The van der Waals surface area contributed by atoms with Crippen molar-refractivity contribution in [3.05, 3.63) is 101 Å². The van der Waals surface area contributed by atoms with Gasteiger partial charge in [0.05, 0.1) is 16.4 Å². The fourth-order valence-electron chi connectivity index (χ4n) is 4.34. The molecule has 0 spiro atoms. The number of hydrogen-bond acceptors (Lipinski definition) is 5. The van der Waals surface area contributed by atoms with E-state index in [0.717, 1.165) is 37.8 Å². The predicted octanol–water partition coefficient (Wildman–Crippen LogP) is 5.84. The van der Waals surface area contributed by atoms with Crippen LogP contribution in [0.1, 0.15) is 34.6 Å². The van der Waals surface area contributed by atoms with E-state index in [-0.39, 0.29) is 11.8 Å². The lowest BCUT2D eigenvalue weighted by molar-refractivity contribution is -0.116. The molecule has 0 bridgehead atoms. The minimum Gasteiger partial charge on any atom is -0.489 e. The molecule has 1 amide bonds. The molecule has 1 atom stereocenters. The lowest BCUT2D eigenvalue weighted by Gasteiger charge is -2.25. The van der Waals surface area contributed by atoms with Gasteiger partial charge in [0.15, 0.2) is 0 Å². The van der Waals surface area contributed by atoms with Gasteiger partial charge in [-0.15, -0.1) is 0 Å². The van der Waals surface area contributed by atoms with Gasteiger partial charge in [-0.25, -0.2) is 4.98 Å². The van der Waals surface area contributed by atoms with Gasteiger partial charge in [0.25, 0.3) is 0 Å². The third-order valence-electron chi connectivity index (χ3n) is 6.09. The summed E-state index contributed by atoms with van der Waals surface area (Å²) in [5, 5.41) is 8.36. The smallest absolute Gasteiger partial charge is 0.226 e. The van der Waals surface area contributed by atoms with Crippen LogP contribution in [0.3, 0.4) is 0 Å². The molecule has 3 heterocycles. The Balaban J connectivity index is 1.35. The largest absolute Gasteiger partial charge is 0.489 e. The molecule has 1 N–H and O–H groups in total. The van der Waals surface area contributed by atoms with Crippen LogP contribution in [0.25, 0.3) is 15.3 Å². The van der Waals surface area contributed by atoms with Crippen molar-refractivity contribution in [2.24, 2.45) is 0 Å². The summed E-state index contributed by atoms with van der Waals surface area (Å²) < 4.78 is 9.04. The lowest BCUT2D eigenvalue weighted by Crippen LogP contribution is -2.24. The molecule has 0 fully saturated rings. The number of hydrogen-bond donors (Lipinski definition) is 1. The molecular formula is C27H22N4O2S. The molecule has 168 valence electrons. The highest BCUT2D eigenvalue weighted by Gasteiger charge is 2.32. The Kier molecular flexibility index (Phi) is 5.11. The molecular weight excluding hydrogens is 444 g/mol. The van der Waals surface area contributed by atoms with Crippen molar-refractivity contribution >= 4 is 33.3 Å². The normalized spacial score (nSPS) is 15.2. The topological polar surface area (TPSA) is 69.0 Å². The first-order valence-corrected chi connectivity index (χ1v) is 12.0. The van der Waals surface area contributed by atoms with Crippen LogP contribution in [0.5, 0.6) is 5.75 Å². The van der Waals surface area contributed by atoms with Crippen LogP contribution in [0.2, 0.25) is 0 Å². The number of benzene rings is 3. The molecule has 0 saturated heterocycles. The lowest BCUT2D eigenvalue weighted by atomic mass is 9.87. The highest BCUT2D eigenvalue weighted by Crippen LogP contribution is 2.42. The predicted molar refractivity (Wildman–Crippen MR) is 134 cm³/mol. The van der Waals surface area contributed by atoms with E-state index in [9.17, 15) is 4.79 Å². The van der Waals surface area contributed by atoms with Gasteiger partial charge in [-0.1, -0.05) is 71.5 Å². The zero-order chi connectivity index (χ0) is 23.1. The molecule has 3 aromatic carbocycles. The van der Waals surface area contributed by atoms with Gasteiger partial charge in [0.2, 0.25) is 11.0 Å². The summed E-state index contributed by atoms with van der Waals surface area (Å²) in [7, 11) is 0. The highest BCUT2D eigenvalue weighted by atomic mass is 32.1. The first-order valence-electron chi connectivity index (χ1n) is 11.2. The molecule has 2 aromatic heterocycles. The zero-order valence-corrected chi connectivity index (χ0v) is 19.4. The summed E-state index contributed by atoms with van der Waals surface area (Å²) in [4.78, 5) is 17.5. The second-order valence-corrected chi connectivity index (χ2v) is 9.45. The summed E-state index contributed by atoms with van der Waals surface area (Å²) >= 11 is 1.55. The van der Waals surface area contributed by atoms with Crippen LogP contribution in [-0.2, 0) is 11.4 Å². The van der Waals surface area contributed by atoms with Crippen LogP contribution >= 0.6 is 11.3 Å². The van der Waals surface area contributed by atoms with Crippen molar-refractivity contribution in [3.63, 3.8) is 0 Å². The van der Waals surface area contributed by atoms with Gasteiger partial charge < -0.3 is 10.1 Å². The fourth-order valence-corrected chi connectivity index (χ4v) is 5.27. The van der Waals surface area contributed by atoms with E-state index in [4.69, 9.17) is 9.72 Å². The van der Waals surface area contributed by atoms with E-state index in [1.54, 1.807) is 16.0 Å². The molecule has 7 heteroatoms. The summed E-state index contributed by atoms with van der Waals surface area (Å²) in [5.41, 5.74) is 5.18.